The molecule has 11 heteroatoms. The lowest BCUT2D eigenvalue weighted by Gasteiger charge is -2.21. The minimum atomic E-state index is -3.77. The summed E-state index contributed by atoms with van der Waals surface area (Å²) in [5, 5.41) is 3.00. The fraction of sp³-hybridized carbons (Fsp3) is 0.152. The van der Waals surface area contributed by atoms with Gasteiger partial charge in [0.05, 0.1) is 17.5 Å². The van der Waals surface area contributed by atoms with Crippen LogP contribution in [0.1, 0.15) is 27.0 Å². The number of sulfonamides is 1. The van der Waals surface area contributed by atoms with Crippen LogP contribution in [0.25, 0.3) is 45.1 Å². The van der Waals surface area contributed by atoms with Gasteiger partial charge in [0, 0.05) is 66.6 Å². The number of carbonyl (C=O) groups is 1. The third kappa shape index (κ3) is 4.88. The van der Waals surface area contributed by atoms with Crippen LogP contribution in [0.5, 0.6) is 0 Å². The van der Waals surface area contributed by atoms with Gasteiger partial charge in [-0.15, -0.1) is 0 Å². The number of halogens is 2. The Labute approximate surface area is 251 Å². The van der Waals surface area contributed by atoms with Crippen molar-refractivity contribution in [2.24, 2.45) is 7.05 Å². The molecule has 1 amide bonds. The summed E-state index contributed by atoms with van der Waals surface area (Å²) in [4.78, 5) is 26.6. The highest BCUT2D eigenvalue weighted by atomic mass is 32.2. The number of carbonyl (C=O) groups excluding carboxylic acids is 1. The topological polar surface area (TPSA) is 102 Å². The zero-order valence-corrected chi connectivity index (χ0v) is 25.1. The number of amides is 1. The van der Waals surface area contributed by atoms with Crippen molar-refractivity contribution in [1.82, 2.24) is 9.88 Å². The van der Waals surface area contributed by atoms with Gasteiger partial charge in [-0.25, -0.2) is 17.2 Å². The van der Waals surface area contributed by atoms with Crippen molar-refractivity contribution in [2.45, 2.75) is 6.42 Å². The van der Waals surface area contributed by atoms with Crippen molar-refractivity contribution in [3.8, 4) is 22.5 Å². The number of hydrogen-bond donors (Lipinski definition) is 1. The SMILES string of the molecule is CNC(=O)c1c(-c2ccc(F)cc2)oc2cc(N(C)S(C)(=O)=O)c(-c3cc(C4=Cc5c(F)cccc5C4)c(=O)n(C)c3)cc12. The number of fused-ring (bicyclic) bond motifs is 2. The molecular formula is C33H27F2N3O5S. The second-order valence-electron chi connectivity index (χ2n) is 10.7. The van der Waals surface area contributed by atoms with Crippen LogP contribution >= 0.6 is 0 Å². The molecule has 8 nitrogen and oxygen atoms in total. The van der Waals surface area contributed by atoms with E-state index in [-0.39, 0.29) is 34.0 Å². The highest BCUT2D eigenvalue weighted by Gasteiger charge is 2.27. The molecule has 0 fully saturated rings. The van der Waals surface area contributed by atoms with E-state index in [2.05, 4.69) is 5.32 Å². The number of pyridine rings is 1. The van der Waals surface area contributed by atoms with Crippen LogP contribution in [-0.2, 0) is 23.5 Å². The molecule has 0 bridgehead atoms. The standard InChI is InChI=1S/C33H27F2N3O5S/c1-36-32(39)30-26-15-24(21-14-25(33(40)37(2)17-21)20-12-19-6-5-7-27(35)23(19)13-20)28(38(3)44(4,41)42)16-29(26)43-31(30)18-8-10-22(34)11-9-18/h5-11,13-17H,12H2,1-4H3,(H,36,39). The van der Waals surface area contributed by atoms with Crippen LogP contribution in [0.4, 0.5) is 14.5 Å². The van der Waals surface area contributed by atoms with Gasteiger partial charge in [0.1, 0.15) is 23.0 Å². The lowest BCUT2D eigenvalue weighted by molar-refractivity contribution is 0.0964. The van der Waals surface area contributed by atoms with E-state index in [0.29, 0.717) is 45.2 Å². The van der Waals surface area contributed by atoms with Gasteiger partial charge >= 0.3 is 0 Å². The van der Waals surface area contributed by atoms with Crippen molar-refractivity contribution in [2.75, 3.05) is 24.7 Å². The summed E-state index contributed by atoms with van der Waals surface area (Å²) in [7, 11) is 0.673. The number of allylic oxidation sites excluding steroid dienone is 1. The molecule has 5 aromatic rings. The Hall–Kier alpha value is -5.03. The van der Waals surface area contributed by atoms with E-state index in [4.69, 9.17) is 4.42 Å². The average molecular weight is 616 g/mol. The Kier molecular flexibility index (Phi) is 7.00. The summed E-state index contributed by atoms with van der Waals surface area (Å²) in [5.41, 5.74) is 3.82. The summed E-state index contributed by atoms with van der Waals surface area (Å²) >= 11 is 0. The first-order chi connectivity index (χ1) is 20.9. The van der Waals surface area contributed by atoms with E-state index in [1.54, 1.807) is 43.6 Å². The molecule has 0 aliphatic heterocycles. The van der Waals surface area contributed by atoms with Crippen LogP contribution in [0.15, 0.2) is 76.1 Å². The molecular weight excluding hydrogens is 588 g/mol. The highest BCUT2D eigenvalue weighted by Crippen LogP contribution is 2.42. The maximum Gasteiger partial charge on any atom is 0.257 e. The van der Waals surface area contributed by atoms with Gasteiger partial charge in [-0.3, -0.25) is 13.9 Å². The maximum absolute atomic E-state index is 14.5. The van der Waals surface area contributed by atoms with E-state index in [0.717, 1.165) is 16.1 Å². The molecule has 0 spiro atoms. The van der Waals surface area contributed by atoms with E-state index >= 15 is 0 Å². The first kappa shape index (κ1) is 29.1. The Balaban J connectivity index is 1.63. The van der Waals surface area contributed by atoms with E-state index in [1.165, 1.54) is 55.1 Å². The van der Waals surface area contributed by atoms with Crippen LogP contribution in [0.3, 0.4) is 0 Å². The van der Waals surface area contributed by atoms with E-state index in [1.807, 2.05) is 0 Å². The van der Waals surface area contributed by atoms with Crippen molar-refractivity contribution in [3.63, 3.8) is 0 Å². The molecule has 2 heterocycles. The van der Waals surface area contributed by atoms with Crippen molar-refractivity contribution in [1.29, 1.82) is 0 Å². The molecule has 2 aromatic heterocycles. The Morgan fingerprint density at radius 3 is 2.41 bits per heavy atom. The summed E-state index contributed by atoms with van der Waals surface area (Å²) < 4.78 is 62.4. The quantitative estimate of drug-likeness (QED) is 0.268. The van der Waals surface area contributed by atoms with Crippen LogP contribution in [0, 0.1) is 11.6 Å². The van der Waals surface area contributed by atoms with Crippen LogP contribution in [-0.4, -0.2) is 39.2 Å². The van der Waals surface area contributed by atoms with Gasteiger partial charge in [0.2, 0.25) is 10.0 Å². The molecule has 1 N–H and O–H groups in total. The normalized spacial score (nSPS) is 12.7. The Bertz CT molecular complexity index is 2200. The minimum Gasteiger partial charge on any atom is -0.455 e. The van der Waals surface area contributed by atoms with Crippen molar-refractivity contribution in [3.05, 3.63) is 111 Å². The van der Waals surface area contributed by atoms with Gasteiger partial charge in [-0.1, -0.05) is 12.1 Å². The number of nitrogens with zero attached hydrogens (tertiary/aromatic N) is 2. The number of rotatable bonds is 6. The highest BCUT2D eigenvalue weighted by molar-refractivity contribution is 7.92. The number of nitrogens with one attached hydrogen (secondary N) is 1. The maximum atomic E-state index is 14.5. The fourth-order valence-electron chi connectivity index (χ4n) is 5.55. The smallest absolute Gasteiger partial charge is 0.257 e. The summed E-state index contributed by atoms with van der Waals surface area (Å²) in [6, 6.07) is 15.1. The molecule has 0 radical (unpaired) electrons. The summed E-state index contributed by atoms with van der Waals surface area (Å²) in [5.74, 6) is -1.12. The Morgan fingerprint density at radius 2 is 1.75 bits per heavy atom. The van der Waals surface area contributed by atoms with Gasteiger partial charge in [0.15, 0.2) is 0 Å². The first-order valence-corrected chi connectivity index (χ1v) is 15.4. The molecule has 224 valence electrons. The molecule has 44 heavy (non-hydrogen) atoms. The van der Waals surface area contributed by atoms with E-state index in [9.17, 15) is 26.8 Å². The largest absolute Gasteiger partial charge is 0.455 e. The van der Waals surface area contributed by atoms with Gasteiger partial charge in [-0.05, 0) is 66.1 Å². The molecule has 6 rings (SSSR count). The van der Waals surface area contributed by atoms with Gasteiger partial charge < -0.3 is 14.3 Å². The molecule has 3 aromatic carbocycles. The monoisotopic (exact) mass is 615 g/mol. The predicted molar refractivity (Wildman–Crippen MR) is 167 cm³/mol. The van der Waals surface area contributed by atoms with Gasteiger partial charge in [-0.2, -0.15) is 0 Å². The third-order valence-electron chi connectivity index (χ3n) is 7.89. The lowest BCUT2D eigenvalue weighted by atomic mass is 9.96. The third-order valence-corrected chi connectivity index (χ3v) is 9.08. The second kappa shape index (κ2) is 10.6. The number of benzene rings is 3. The Morgan fingerprint density at radius 1 is 1.02 bits per heavy atom. The van der Waals surface area contributed by atoms with Crippen molar-refractivity contribution >= 4 is 44.2 Å². The fourth-order valence-corrected chi connectivity index (χ4v) is 6.06. The zero-order chi connectivity index (χ0) is 31.5. The summed E-state index contributed by atoms with van der Waals surface area (Å²) in [6.07, 6.45) is 4.65. The zero-order valence-electron chi connectivity index (χ0n) is 24.2. The summed E-state index contributed by atoms with van der Waals surface area (Å²) in [6.45, 7) is 0. The molecule has 0 saturated carbocycles. The number of furan rings is 1. The number of aryl methyl sites for hydroxylation is 1. The minimum absolute atomic E-state index is 0.179. The van der Waals surface area contributed by atoms with Crippen molar-refractivity contribution < 1.29 is 26.4 Å². The van der Waals surface area contributed by atoms with Gasteiger partial charge in [0.25, 0.3) is 11.5 Å². The predicted octanol–water partition coefficient (Wildman–Crippen LogP) is 5.60. The van der Waals surface area contributed by atoms with E-state index < -0.39 is 21.7 Å². The molecule has 0 saturated heterocycles. The number of anilines is 1. The van der Waals surface area contributed by atoms with Crippen LogP contribution < -0.4 is 15.2 Å². The van der Waals surface area contributed by atoms with Crippen LogP contribution in [0.2, 0.25) is 0 Å². The lowest BCUT2D eigenvalue weighted by Crippen LogP contribution is -2.26. The number of aromatic nitrogens is 1. The molecule has 0 atom stereocenters. The first-order valence-electron chi connectivity index (χ1n) is 13.6. The molecule has 0 unspecified atom stereocenters. The second-order valence-corrected chi connectivity index (χ2v) is 12.7. The average Bonchev–Trinajstić information content (AvgIpc) is 3.59. The molecule has 1 aliphatic rings. The number of hydrogen-bond acceptors (Lipinski definition) is 5. The molecule has 1 aliphatic carbocycles.